The number of benzene rings is 1. The van der Waals surface area contributed by atoms with Crippen LogP contribution in [0.3, 0.4) is 0 Å². The quantitative estimate of drug-likeness (QED) is 0.580. The van der Waals surface area contributed by atoms with Gasteiger partial charge in [-0.15, -0.1) is 0 Å². The van der Waals surface area contributed by atoms with Crippen molar-refractivity contribution >= 4 is 5.97 Å². The summed E-state index contributed by atoms with van der Waals surface area (Å²) in [6, 6.07) is 7.17. The van der Waals surface area contributed by atoms with Crippen LogP contribution >= 0.6 is 0 Å². The molecule has 0 radical (unpaired) electrons. The number of rotatable bonds is 3. The fraction of sp³-hybridized carbons (Fsp3) is 0.417. The Balaban J connectivity index is 2.01. The fourth-order valence-electron chi connectivity index (χ4n) is 1.45. The van der Waals surface area contributed by atoms with E-state index in [1.54, 1.807) is 19.1 Å². The van der Waals surface area contributed by atoms with E-state index in [0.717, 1.165) is 5.56 Å². The van der Waals surface area contributed by atoms with Gasteiger partial charge >= 0.3 is 5.97 Å². The van der Waals surface area contributed by atoms with Gasteiger partial charge in [0.05, 0.1) is 13.2 Å². The molecule has 0 unspecified atom stereocenters. The van der Waals surface area contributed by atoms with Crippen molar-refractivity contribution in [2.75, 3.05) is 13.2 Å². The minimum Gasteiger partial charge on any atom is -0.427 e. The van der Waals surface area contributed by atoms with Gasteiger partial charge in [0, 0.05) is 12.0 Å². The third-order valence-corrected chi connectivity index (χ3v) is 2.29. The average molecular weight is 222 g/mol. The Labute approximate surface area is 94.1 Å². The van der Waals surface area contributed by atoms with Gasteiger partial charge in [0.25, 0.3) is 0 Å². The summed E-state index contributed by atoms with van der Waals surface area (Å²) in [7, 11) is 0. The van der Waals surface area contributed by atoms with Crippen LogP contribution in [-0.2, 0) is 14.3 Å². The lowest BCUT2D eigenvalue weighted by molar-refractivity contribution is -0.134. The van der Waals surface area contributed by atoms with Gasteiger partial charge in [-0.3, -0.25) is 4.79 Å². The van der Waals surface area contributed by atoms with E-state index in [-0.39, 0.29) is 12.3 Å². The maximum Gasteiger partial charge on any atom is 0.310 e. The second-order valence-corrected chi connectivity index (χ2v) is 3.47. The zero-order chi connectivity index (χ0) is 11.4. The van der Waals surface area contributed by atoms with E-state index in [9.17, 15) is 4.79 Å². The lowest BCUT2D eigenvalue weighted by Crippen LogP contribution is -2.05. The van der Waals surface area contributed by atoms with E-state index in [0.29, 0.717) is 25.4 Å². The van der Waals surface area contributed by atoms with Crippen LogP contribution in [0.2, 0.25) is 0 Å². The van der Waals surface area contributed by atoms with Gasteiger partial charge in [-0.1, -0.05) is 19.1 Å². The summed E-state index contributed by atoms with van der Waals surface area (Å²) in [5.74, 6) is 0.315. The third-order valence-electron chi connectivity index (χ3n) is 2.29. The van der Waals surface area contributed by atoms with Gasteiger partial charge in [-0.05, 0) is 12.1 Å². The second kappa shape index (κ2) is 5.09. The zero-order valence-electron chi connectivity index (χ0n) is 9.14. The highest BCUT2D eigenvalue weighted by molar-refractivity contribution is 5.71. The van der Waals surface area contributed by atoms with E-state index < -0.39 is 0 Å². The Bertz CT molecular complexity index is 352. The lowest BCUT2D eigenvalue weighted by Gasteiger charge is -2.09. The standard InChI is InChI=1S/C12H14O4/c1-2-11(13)16-10-5-3-9(4-6-10)12-14-7-8-15-12/h3-6,12H,2,7-8H2,1H3. The normalized spacial score (nSPS) is 16.3. The van der Waals surface area contributed by atoms with Crippen molar-refractivity contribution in [3.8, 4) is 5.75 Å². The molecule has 0 bridgehead atoms. The number of esters is 1. The molecule has 1 aliphatic rings. The summed E-state index contributed by atoms with van der Waals surface area (Å²) in [6.45, 7) is 3.01. The molecule has 0 amide bonds. The number of ether oxygens (including phenoxy) is 3. The first-order chi connectivity index (χ1) is 7.79. The summed E-state index contributed by atoms with van der Waals surface area (Å²) < 4.78 is 15.8. The highest BCUT2D eigenvalue weighted by atomic mass is 16.7. The van der Waals surface area contributed by atoms with Crippen molar-refractivity contribution < 1.29 is 19.0 Å². The van der Waals surface area contributed by atoms with Crippen molar-refractivity contribution in [1.82, 2.24) is 0 Å². The molecule has 1 heterocycles. The van der Waals surface area contributed by atoms with Gasteiger partial charge in [0.15, 0.2) is 6.29 Å². The predicted octanol–water partition coefficient (Wildman–Crippen LogP) is 2.05. The number of carbonyl (C=O) groups excluding carboxylic acids is 1. The molecule has 16 heavy (non-hydrogen) atoms. The summed E-state index contributed by atoms with van der Waals surface area (Å²) in [6.07, 6.45) is 0.0901. The Morgan fingerprint density at radius 2 is 1.94 bits per heavy atom. The van der Waals surface area contributed by atoms with Gasteiger partial charge in [-0.25, -0.2) is 0 Å². The molecule has 2 rings (SSSR count). The summed E-state index contributed by atoms with van der Waals surface area (Å²) >= 11 is 0. The maximum atomic E-state index is 11.1. The van der Waals surface area contributed by atoms with E-state index in [1.807, 2.05) is 12.1 Å². The highest BCUT2D eigenvalue weighted by Crippen LogP contribution is 2.24. The van der Waals surface area contributed by atoms with Crippen molar-refractivity contribution in [3.05, 3.63) is 29.8 Å². The average Bonchev–Trinajstić information content (AvgIpc) is 2.83. The minimum atomic E-state index is -0.282. The maximum absolute atomic E-state index is 11.1. The van der Waals surface area contributed by atoms with Crippen molar-refractivity contribution in [2.45, 2.75) is 19.6 Å². The smallest absolute Gasteiger partial charge is 0.310 e. The molecule has 0 aliphatic carbocycles. The van der Waals surface area contributed by atoms with Crippen molar-refractivity contribution in [3.63, 3.8) is 0 Å². The molecular formula is C12H14O4. The van der Waals surface area contributed by atoms with Crippen LogP contribution in [0.1, 0.15) is 25.2 Å². The Kier molecular flexibility index (Phi) is 3.54. The Morgan fingerprint density at radius 3 is 2.50 bits per heavy atom. The van der Waals surface area contributed by atoms with Gasteiger partial charge in [-0.2, -0.15) is 0 Å². The van der Waals surface area contributed by atoms with Crippen LogP contribution in [0.15, 0.2) is 24.3 Å². The van der Waals surface area contributed by atoms with Gasteiger partial charge < -0.3 is 14.2 Å². The molecule has 0 N–H and O–H groups in total. The first kappa shape index (κ1) is 11.1. The Hall–Kier alpha value is -1.39. The molecule has 1 aromatic rings. The molecule has 86 valence electrons. The largest absolute Gasteiger partial charge is 0.427 e. The van der Waals surface area contributed by atoms with Crippen LogP contribution in [0.25, 0.3) is 0 Å². The number of carbonyl (C=O) groups is 1. The van der Waals surface area contributed by atoms with Crippen LogP contribution in [-0.4, -0.2) is 19.2 Å². The van der Waals surface area contributed by atoms with Gasteiger partial charge in [0.1, 0.15) is 5.75 Å². The summed E-state index contributed by atoms with van der Waals surface area (Å²) in [4.78, 5) is 11.1. The number of hydrogen-bond donors (Lipinski definition) is 0. The molecule has 1 aromatic carbocycles. The van der Waals surface area contributed by atoms with Crippen molar-refractivity contribution in [2.24, 2.45) is 0 Å². The van der Waals surface area contributed by atoms with E-state index in [1.165, 1.54) is 0 Å². The van der Waals surface area contributed by atoms with E-state index >= 15 is 0 Å². The van der Waals surface area contributed by atoms with Crippen molar-refractivity contribution in [1.29, 1.82) is 0 Å². The molecule has 0 atom stereocenters. The summed E-state index contributed by atoms with van der Waals surface area (Å²) in [5.41, 5.74) is 0.939. The van der Waals surface area contributed by atoms with Crippen LogP contribution < -0.4 is 4.74 Å². The second-order valence-electron chi connectivity index (χ2n) is 3.47. The summed E-state index contributed by atoms with van der Waals surface area (Å²) in [5, 5.41) is 0. The van der Waals surface area contributed by atoms with Crippen LogP contribution in [0.5, 0.6) is 5.75 Å². The minimum absolute atomic E-state index is 0.235. The molecule has 1 fully saturated rings. The van der Waals surface area contributed by atoms with E-state index in [2.05, 4.69) is 0 Å². The predicted molar refractivity (Wildman–Crippen MR) is 57.0 cm³/mol. The molecular weight excluding hydrogens is 208 g/mol. The number of hydrogen-bond acceptors (Lipinski definition) is 4. The molecule has 0 spiro atoms. The first-order valence-electron chi connectivity index (χ1n) is 5.33. The third kappa shape index (κ3) is 2.59. The molecule has 1 saturated heterocycles. The molecule has 4 nitrogen and oxygen atoms in total. The lowest BCUT2D eigenvalue weighted by atomic mass is 10.2. The first-order valence-corrected chi connectivity index (χ1v) is 5.33. The topological polar surface area (TPSA) is 44.8 Å². The van der Waals surface area contributed by atoms with Crippen LogP contribution in [0, 0.1) is 0 Å². The molecule has 0 aromatic heterocycles. The monoisotopic (exact) mass is 222 g/mol. The fourth-order valence-corrected chi connectivity index (χ4v) is 1.45. The van der Waals surface area contributed by atoms with Crippen LogP contribution in [0.4, 0.5) is 0 Å². The SMILES string of the molecule is CCC(=O)Oc1ccc(C2OCCO2)cc1. The van der Waals surface area contributed by atoms with Gasteiger partial charge in [0.2, 0.25) is 0 Å². The zero-order valence-corrected chi connectivity index (χ0v) is 9.14. The molecule has 0 saturated carbocycles. The highest BCUT2D eigenvalue weighted by Gasteiger charge is 2.17. The Morgan fingerprint density at radius 1 is 1.31 bits per heavy atom. The molecule has 4 heteroatoms. The van der Waals surface area contributed by atoms with E-state index in [4.69, 9.17) is 14.2 Å². The molecule has 1 aliphatic heterocycles.